The Kier molecular flexibility index (Phi) is 10.6. The van der Waals surface area contributed by atoms with E-state index in [9.17, 15) is 19.5 Å². The van der Waals surface area contributed by atoms with E-state index in [1.165, 1.54) is 0 Å². The number of Topliss-reactive ketones (excluding diaryl/α,β-unsaturated/α-hetero) is 2. The molecule has 1 N–H and O–H groups in total. The van der Waals surface area contributed by atoms with Crippen molar-refractivity contribution in [3.8, 4) is 0 Å². The number of aliphatic carboxylic acids is 1. The third-order valence-corrected chi connectivity index (χ3v) is 8.50. The zero-order valence-electron chi connectivity index (χ0n) is 21.8. The van der Waals surface area contributed by atoms with Crippen LogP contribution in [0.3, 0.4) is 0 Å². The summed E-state index contributed by atoms with van der Waals surface area (Å²) >= 11 is 0. The first-order valence-corrected chi connectivity index (χ1v) is 13.3. The van der Waals surface area contributed by atoms with E-state index in [1.54, 1.807) is 21.0 Å². The normalized spacial score (nSPS) is 27.1. The van der Waals surface area contributed by atoms with Crippen molar-refractivity contribution >= 4 is 17.5 Å². The van der Waals surface area contributed by atoms with Crippen LogP contribution in [-0.4, -0.2) is 35.4 Å². The van der Waals surface area contributed by atoms with Gasteiger partial charge in [-0.15, -0.1) is 0 Å². The second kappa shape index (κ2) is 12.5. The number of carbonyl (C=O) groups excluding carboxylic acids is 2. The molecule has 0 spiro atoms. The molecule has 4 unspecified atom stereocenters. The van der Waals surface area contributed by atoms with Crippen molar-refractivity contribution in [3.63, 3.8) is 0 Å². The fraction of sp³-hybridized carbons (Fsp3) is 0.893. The summed E-state index contributed by atoms with van der Waals surface area (Å²) in [6, 6.07) is 0. The largest absolute Gasteiger partial charge is 0.481 e. The Labute approximate surface area is 201 Å². The van der Waals surface area contributed by atoms with Gasteiger partial charge in [0.05, 0.1) is 11.0 Å². The van der Waals surface area contributed by atoms with Crippen LogP contribution < -0.4 is 0 Å². The number of ether oxygens (including phenoxy) is 1. The van der Waals surface area contributed by atoms with Crippen LogP contribution in [0.15, 0.2) is 0 Å². The number of hydrogen-bond donors (Lipinski definition) is 1. The van der Waals surface area contributed by atoms with Crippen LogP contribution in [0.2, 0.25) is 0 Å². The number of ketones is 2. The van der Waals surface area contributed by atoms with Crippen molar-refractivity contribution in [1.29, 1.82) is 0 Å². The number of hydrogen-bond acceptors (Lipinski definition) is 4. The molecule has 0 heterocycles. The fourth-order valence-corrected chi connectivity index (χ4v) is 5.78. The highest BCUT2D eigenvalue weighted by atomic mass is 16.5. The Balaban J connectivity index is 1.78. The van der Waals surface area contributed by atoms with Gasteiger partial charge in [0.15, 0.2) is 0 Å². The minimum absolute atomic E-state index is 0.0762. The third-order valence-electron chi connectivity index (χ3n) is 8.50. The highest BCUT2D eigenvalue weighted by Crippen LogP contribution is 2.37. The van der Waals surface area contributed by atoms with Crippen LogP contribution in [-0.2, 0) is 19.1 Å². The lowest BCUT2D eigenvalue weighted by atomic mass is 9.72. The summed E-state index contributed by atoms with van der Waals surface area (Å²) in [5, 5.41) is 9.30. The summed E-state index contributed by atoms with van der Waals surface area (Å²) in [6.07, 6.45) is 12.9. The summed E-state index contributed by atoms with van der Waals surface area (Å²) in [7, 11) is 1.75. The van der Waals surface area contributed by atoms with Gasteiger partial charge in [0.2, 0.25) is 0 Å². The number of rotatable bonds is 13. The van der Waals surface area contributed by atoms with Gasteiger partial charge in [0.1, 0.15) is 11.6 Å². The highest BCUT2D eigenvalue weighted by molar-refractivity contribution is 5.85. The Morgan fingerprint density at radius 2 is 1.18 bits per heavy atom. The molecule has 0 saturated heterocycles. The maximum Gasteiger partial charge on any atom is 0.309 e. The minimum Gasteiger partial charge on any atom is -0.481 e. The summed E-state index contributed by atoms with van der Waals surface area (Å²) in [6.45, 7) is 7.71. The van der Waals surface area contributed by atoms with Crippen LogP contribution >= 0.6 is 0 Å². The fourth-order valence-electron chi connectivity index (χ4n) is 5.78. The molecule has 2 saturated carbocycles. The third kappa shape index (κ3) is 8.49. The number of carboxylic acids is 1. The molecule has 4 atom stereocenters. The van der Waals surface area contributed by atoms with Gasteiger partial charge in [-0.25, -0.2) is 0 Å². The molecule has 0 aliphatic heterocycles. The maximum atomic E-state index is 13.1. The van der Waals surface area contributed by atoms with Gasteiger partial charge in [0, 0.05) is 30.8 Å². The maximum absolute atomic E-state index is 13.1. The Hall–Kier alpha value is -1.23. The van der Waals surface area contributed by atoms with E-state index >= 15 is 0 Å². The standard InChI is InChI=1S/C28H48O5/c1-27(2,26(31)32)18-8-14-20-10-6-12-22(24(20)29)16-17-23-13-7-11-21(25(23)30)15-9-19-28(3,4)33-5/h20-23H,6-19H2,1-5H3,(H,31,32). The molecule has 0 amide bonds. The van der Waals surface area contributed by atoms with Gasteiger partial charge in [-0.2, -0.15) is 0 Å². The average Bonchev–Trinajstić information content (AvgIpc) is 2.75. The first-order chi connectivity index (χ1) is 15.5. The molecule has 33 heavy (non-hydrogen) atoms. The van der Waals surface area contributed by atoms with E-state index in [0.29, 0.717) is 18.0 Å². The summed E-state index contributed by atoms with van der Waals surface area (Å²) in [5.41, 5.74) is -0.854. The van der Waals surface area contributed by atoms with Gasteiger partial charge in [-0.05, 0) is 98.3 Å². The van der Waals surface area contributed by atoms with E-state index in [-0.39, 0.29) is 29.3 Å². The molecule has 2 fully saturated rings. The first-order valence-electron chi connectivity index (χ1n) is 13.3. The second-order valence-electron chi connectivity index (χ2n) is 12.0. The van der Waals surface area contributed by atoms with Crippen LogP contribution in [0.25, 0.3) is 0 Å². The molecule has 5 heteroatoms. The number of methoxy groups -OCH3 is 1. The molecule has 0 aromatic carbocycles. The smallest absolute Gasteiger partial charge is 0.309 e. The molecule has 0 radical (unpaired) electrons. The van der Waals surface area contributed by atoms with Crippen molar-refractivity contribution in [3.05, 3.63) is 0 Å². The molecular weight excluding hydrogens is 416 g/mol. The van der Waals surface area contributed by atoms with Crippen molar-refractivity contribution in [2.24, 2.45) is 29.1 Å². The lowest BCUT2D eigenvalue weighted by molar-refractivity contribution is -0.147. The average molecular weight is 465 g/mol. The first kappa shape index (κ1) is 28.0. The molecule has 2 rings (SSSR count). The molecule has 190 valence electrons. The molecule has 0 bridgehead atoms. The molecule has 2 aliphatic rings. The predicted octanol–water partition coefficient (Wildman–Crippen LogP) is 6.61. The molecule has 2 aliphatic carbocycles. The Morgan fingerprint density at radius 1 is 0.788 bits per heavy atom. The molecule has 0 aromatic heterocycles. The number of carboxylic acid groups (broad SMARTS) is 1. The zero-order chi connectivity index (χ0) is 24.6. The Morgan fingerprint density at radius 3 is 1.58 bits per heavy atom. The van der Waals surface area contributed by atoms with Crippen molar-refractivity contribution in [1.82, 2.24) is 0 Å². The molecular formula is C28H48O5. The molecule has 5 nitrogen and oxygen atoms in total. The molecule has 0 aromatic rings. The van der Waals surface area contributed by atoms with Crippen molar-refractivity contribution in [2.75, 3.05) is 7.11 Å². The highest BCUT2D eigenvalue weighted by Gasteiger charge is 2.35. The Bertz CT molecular complexity index is 665. The predicted molar refractivity (Wildman–Crippen MR) is 131 cm³/mol. The van der Waals surface area contributed by atoms with Crippen LogP contribution in [0.4, 0.5) is 0 Å². The summed E-state index contributed by atoms with van der Waals surface area (Å²) in [5.74, 6) is 0.517. The summed E-state index contributed by atoms with van der Waals surface area (Å²) in [4.78, 5) is 37.5. The van der Waals surface area contributed by atoms with Crippen LogP contribution in [0.1, 0.15) is 118 Å². The topological polar surface area (TPSA) is 80.7 Å². The number of carbonyl (C=O) groups is 3. The van der Waals surface area contributed by atoms with E-state index < -0.39 is 11.4 Å². The SMILES string of the molecule is COC(C)(C)CCCC1CCCC(CCC2CCCC(CCCC(C)(C)C(=O)O)C2=O)C1=O. The lowest BCUT2D eigenvalue weighted by Gasteiger charge is -2.32. The van der Waals surface area contributed by atoms with Crippen molar-refractivity contribution in [2.45, 2.75) is 123 Å². The van der Waals surface area contributed by atoms with E-state index in [1.807, 2.05) is 0 Å². The quantitative estimate of drug-likeness (QED) is 0.331. The van der Waals surface area contributed by atoms with Crippen LogP contribution in [0, 0.1) is 29.1 Å². The van der Waals surface area contributed by atoms with Crippen molar-refractivity contribution < 1.29 is 24.2 Å². The van der Waals surface area contributed by atoms with Gasteiger partial charge >= 0.3 is 5.97 Å². The zero-order valence-corrected chi connectivity index (χ0v) is 21.8. The van der Waals surface area contributed by atoms with E-state index in [2.05, 4.69) is 13.8 Å². The van der Waals surface area contributed by atoms with Gasteiger partial charge in [-0.3, -0.25) is 14.4 Å². The second-order valence-corrected chi connectivity index (χ2v) is 12.0. The van der Waals surface area contributed by atoms with E-state index in [4.69, 9.17) is 4.74 Å². The minimum atomic E-state index is -0.770. The lowest BCUT2D eigenvalue weighted by Crippen LogP contribution is -2.32. The van der Waals surface area contributed by atoms with Gasteiger partial charge < -0.3 is 9.84 Å². The van der Waals surface area contributed by atoms with E-state index in [0.717, 1.165) is 83.5 Å². The monoisotopic (exact) mass is 464 g/mol. The summed E-state index contributed by atoms with van der Waals surface area (Å²) < 4.78 is 5.51. The van der Waals surface area contributed by atoms with Crippen LogP contribution in [0.5, 0.6) is 0 Å². The van der Waals surface area contributed by atoms with Gasteiger partial charge in [0.25, 0.3) is 0 Å². The van der Waals surface area contributed by atoms with Gasteiger partial charge in [-0.1, -0.05) is 19.3 Å².